The van der Waals surface area contributed by atoms with E-state index in [0.29, 0.717) is 72.7 Å². The molecule has 1 atom stereocenters. The van der Waals surface area contributed by atoms with Crippen LogP contribution < -0.4 is 0 Å². The molecule has 6 nitrogen and oxygen atoms in total. The molecule has 0 aromatic heterocycles. The van der Waals surface area contributed by atoms with Crippen molar-refractivity contribution in [3.63, 3.8) is 0 Å². The first kappa shape index (κ1) is 17.2. The van der Waals surface area contributed by atoms with E-state index in [9.17, 15) is 0 Å². The molecule has 1 rings (SSSR count). The molecule has 0 aliphatic carbocycles. The fourth-order valence-corrected chi connectivity index (χ4v) is 1.57. The zero-order chi connectivity index (χ0) is 13.6. The Hall–Kier alpha value is 0.110. The molecule has 0 aromatic rings. The first-order chi connectivity index (χ1) is 9.39. The van der Waals surface area contributed by atoms with Gasteiger partial charge in [-0.25, -0.2) is 0 Å². The van der Waals surface area contributed by atoms with Crippen LogP contribution in [0.25, 0.3) is 0 Å². The third kappa shape index (κ3) is 11.6. The lowest BCUT2D eigenvalue weighted by molar-refractivity contribution is -0.0392. The molecule has 1 fully saturated rings. The summed E-state index contributed by atoms with van der Waals surface area (Å²) in [6.07, 6.45) is 0. The Bertz CT molecular complexity index is 177. The Morgan fingerprint density at radius 2 is 0.895 bits per heavy atom. The van der Waals surface area contributed by atoms with Crippen molar-refractivity contribution in [2.45, 2.75) is 5.44 Å². The van der Waals surface area contributed by atoms with Gasteiger partial charge in [0.2, 0.25) is 0 Å². The molecule has 0 saturated carbocycles. The van der Waals surface area contributed by atoms with E-state index < -0.39 is 0 Å². The van der Waals surface area contributed by atoms with Crippen LogP contribution >= 0.6 is 12.6 Å². The van der Waals surface area contributed by atoms with Gasteiger partial charge in [-0.2, -0.15) is 0 Å². The summed E-state index contributed by atoms with van der Waals surface area (Å²) in [5.41, 5.74) is -0.234. The van der Waals surface area contributed by atoms with Gasteiger partial charge in [0.05, 0.1) is 72.7 Å². The van der Waals surface area contributed by atoms with Crippen LogP contribution in [0.3, 0.4) is 0 Å². The van der Waals surface area contributed by atoms with Crippen molar-refractivity contribution in [3.8, 4) is 0 Å². The SMILES string of the molecule is SC1COCCOCCOCCOCCOCCO1. The van der Waals surface area contributed by atoms with Crippen LogP contribution in [0, 0.1) is 0 Å². The Kier molecular flexibility index (Phi) is 11.8. The minimum atomic E-state index is -0.234. The van der Waals surface area contributed by atoms with Gasteiger partial charge in [-0.05, 0) is 0 Å². The standard InChI is InChI=1S/C12H24O6S/c19-12-11-17-8-7-15-4-3-13-1-2-14-5-6-16-9-10-18-12/h12,19H,1-11H2. The molecule has 0 N–H and O–H groups in total. The van der Waals surface area contributed by atoms with Crippen molar-refractivity contribution in [2.75, 3.05) is 72.7 Å². The highest BCUT2D eigenvalue weighted by Gasteiger charge is 2.03. The zero-order valence-corrected chi connectivity index (χ0v) is 12.1. The fraction of sp³-hybridized carbons (Fsp3) is 1.00. The van der Waals surface area contributed by atoms with Crippen LogP contribution in [-0.2, 0) is 28.4 Å². The van der Waals surface area contributed by atoms with E-state index in [1.54, 1.807) is 0 Å². The maximum absolute atomic E-state index is 5.40. The molecule has 0 spiro atoms. The van der Waals surface area contributed by atoms with Gasteiger partial charge in [0, 0.05) is 0 Å². The smallest absolute Gasteiger partial charge is 0.123 e. The van der Waals surface area contributed by atoms with Crippen LogP contribution in [-0.4, -0.2) is 78.1 Å². The molecule has 0 radical (unpaired) electrons. The second kappa shape index (κ2) is 13.1. The second-order valence-electron chi connectivity index (χ2n) is 3.85. The van der Waals surface area contributed by atoms with Gasteiger partial charge < -0.3 is 28.4 Å². The predicted molar refractivity (Wildman–Crippen MR) is 72.8 cm³/mol. The minimum Gasteiger partial charge on any atom is -0.377 e. The number of thiol groups is 1. The van der Waals surface area contributed by atoms with Crippen molar-refractivity contribution in [3.05, 3.63) is 0 Å². The van der Waals surface area contributed by atoms with Gasteiger partial charge in [0.1, 0.15) is 5.44 Å². The average Bonchev–Trinajstić information content (AvgIpc) is 2.41. The van der Waals surface area contributed by atoms with Crippen molar-refractivity contribution < 1.29 is 28.4 Å². The fourth-order valence-electron chi connectivity index (χ4n) is 1.35. The summed E-state index contributed by atoms with van der Waals surface area (Å²) < 4.78 is 32.1. The molecular weight excluding hydrogens is 272 g/mol. The van der Waals surface area contributed by atoms with E-state index in [-0.39, 0.29) is 5.44 Å². The lowest BCUT2D eigenvalue weighted by Gasteiger charge is -2.13. The molecule has 19 heavy (non-hydrogen) atoms. The van der Waals surface area contributed by atoms with Crippen LogP contribution in [0.2, 0.25) is 0 Å². The maximum atomic E-state index is 5.40. The normalized spacial score (nSPS) is 27.3. The molecule has 0 aromatic carbocycles. The molecule has 1 aliphatic heterocycles. The van der Waals surface area contributed by atoms with E-state index in [1.165, 1.54) is 0 Å². The van der Waals surface area contributed by atoms with Crippen LogP contribution in [0.15, 0.2) is 0 Å². The van der Waals surface area contributed by atoms with E-state index in [1.807, 2.05) is 0 Å². The van der Waals surface area contributed by atoms with Crippen LogP contribution in [0.4, 0.5) is 0 Å². The maximum Gasteiger partial charge on any atom is 0.123 e. The molecule has 0 bridgehead atoms. The average molecular weight is 296 g/mol. The van der Waals surface area contributed by atoms with Crippen molar-refractivity contribution in [1.29, 1.82) is 0 Å². The zero-order valence-electron chi connectivity index (χ0n) is 11.3. The Balaban J connectivity index is 2.08. The Labute approximate surface area is 120 Å². The molecule has 0 amide bonds. The molecule has 7 heteroatoms. The first-order valence-corrected chi connectivity index (χ1v) is 7.09. The monoisotopic (exact) mass is 296 g/mol. The van der Waals surface area contributed by atoms with Crippen LogP contribution in [0.1, 0.15) is 0 Å². The highest BCUT2D eigenvalue weighted by Crippen LogP contribution is 1.98. The van der Waals surface area contributed by atoms with Gasteiger partial charge in [0.25, 0.3) is 0 Å². The number of hydrogen-bond acceptors (Lipinski definition) is 7. The summed E-state index contributed by atoms with van der Waals surface area (Å²) in [7, 11) is 0. The number of ether oxygens (including phenoxy) is 6. The summed E-state index contributed by atoms with van der Waals surface area (Å²) in [5.74, 6) is 0. The topological polar surface area (TPSA) is 55.4 Å². The molecular formula is C12H24O6S. The first-order valence-electron chi connectivity index (χ1n) is 6.58. The van der Waals surface area contributed by atoms with Gasteiger partial charge in [-0.3, -0.25) is 0 Å². The molecule has 1 unspecified atom stereocenters. The highest BCUT2D eigenvalue weighted by atomic mass is 32.1. The van der Waals surface area contributed by atoms with E-state index in [0.717, 1.165) is 0 Å². The third-order valence-electron chi connectivity index (χ3n) is 2.29. The van der Waals surface area contributed by atoms with E-state index in [2.05, 4.69) is 12.6 Å². The highest BCUT2D eigenvalue weighted by molar-refractivity contribution is 7.80. The lowest BCUT2D eigenvalue weighted by Crippen LogP contribution is -2.20. The van der Waals surface area contributed by atoms with Gasteiger partial charge in [0.15, 0.2) is 0 Å². The summed E-state index contributed by atoms with van der Waals surface area (Å²) in [4.78, 5) is 0. The van der Waals surface area contributed by atoms with Gasteiger partial charge in [-0.1, -0.05) is 0 Å². The summed E-state index contributed by atoms with van der Waals surface area (Å²) >= 11 is 4.25. The van der Waals surface area contributed by atoms with Crippen LogP contribution in [0.5, 0.6) is 0 Å². The predicted octanol–water partition coefficient (Wildman–Crippen LogP) is 0.356. The minimum absolute atomic E-state index is 0.234. The second-order valence-corrected chi connectivity index (χ2v) is 4.43. The molecule has 1 saturated heterocycles. The summed E-state index contributed by atoms with van der Waals surface area (Å²) in [6.45, 7) is 5.93. The molecule has 1 aliphatic rings. The molecule has 114 valence electrons. The summed E-state index contributed by atoms with van der Waals surface area (Å²) in [5, 5.41) is 0. The van der Waals surface area contributed by atoms with Gasteiger partial charge in [-0.15, -0.1) is 12.6 Å². The third-order valence-corrected chi connectivity index (χ3v) is 2.58. The lowest BCUT2D eigenvalue weighted by atomic mass is 10.6. The van der Waals surface area contributed by atoms with E-state index in [4.69, 9.17) is 28.4 Å². The van der Waals surface area contributed by atoms with E-state index >= 15 is 0 Å². The Morgan fingerprint density at radius 3 is 1.37 bits per heavy atom. The summed E-state index contributed by atoms with van der Waals surface area (Å²) in [6, 6.07) is 0. The number of hydrogen-bond donors (Lipinski definition) is 1. The molecule has 1 heterocycles. The van der Waals surface area contributed by atoms with Crippen molar-refractivity contribution in [1.82, 2.24) is 0 Å². The van der Waals surface area contributed by atoms with Gasteiger partial charge >= 0.3 is 0 Å². The number of rotatable bonds is 0. The Morgan fingerprint density at radius 1 is 0.526 bits per heavy atom. The quantitative estimate of drug-likeness (QED) is 0.651. The van der Waals surface area contributed by atoms with Crippen molar-refractivity contribution >= 4 is 12.6 Å². The van der Waals surface area contributed by atoms with Crippen molar-refractivity contribution in [2.24, 2.45) is 0 Å². The largest absolute Gasteiger partial charge is 0.377 e.